The molecule has 0 fully saturated rings. The first-order valence-electron chi connectivity index (χ1n) is 5.54. The fourth-order valence-electron chi connectivity index (χ4n) is 1.62. The average Bonchev–Trinajstić information content (AvgIpc) is 2.38. The summed E-state index contributed by atoms with van der Waals surface area (Å²) in [5, 5.41) is 2.48. The van der Waals surface area contributed by atoms with Crippen molar-refractivity contribution in [1.29, 1.82) is 0 Å². The Balaban J connectivity index is 2.31. The Bertz CT molecular complexity index is 643. The molecule has 2 nitrogen and oxygen atoms in total. The summed E-state index contributed by atoms with van der Waals surface area (Å²) >= 11 is 4.05. The van der Waals surface area contributed by atoms with Gasteiger partial charge in [-0.3, -0.25) is 4.79 Å². The van der Waals surface area contributed by atoms with Crippen molar-refractivity contribution in [3.8, 4) is 0 Å². The number of amides is 1. The normalized spacial score (nSPS) is 10.3. The third kappa shape index (κ3) is 2.93. The lowest BCUT2D eigenvalue weighted by Crippen LogP contribution is -2.15. The highest BCUT2D eigenvalue weighted by Gasteiger charge is 2.14. The number of thiol groups is 1. The number of halogens is 2. The van der Waals surface area contributed by atoms with Crippen LogP contribution in [0.1, 0.15) is 15.9 Å². The molecule has 0 unspecified atom stereocenters. The lowest BCUT2D eigenvalue weighted by atomic mass is 10.1. The van der Waals surface area contributed by atoms with E-state index in [1.54, 1.807) is 6.07 Å². The molecule has 0 aliphatic carbocycles. The molecular weight excluding hydrogens is 268 g/mol. The largest absolute Gasteiger partial charge is 0.322 e. The van der Waals surface area contributed by atoms with Crippen LogP contribution in [0.15, 0.2) is 41.3 Å². The number of rotatable bonds is 2. The van der Waals surface area contributed by atoms with Crippen molar-refractivity contribution in [2.75, 3.05) is 5.32 Å². The fraction of sp³-hybridized carbons (Fsp3) is 0.0714. The molecule has 1 amide bonds. The fourth-order valence-corrected chi connectivity index (χ4v) is 1.82. The maximum absolute atomic E-state index is 13.5. The quantitative estimate of drug-likeness (QED) is 0.804. The van der Waals surface area contributed by atoms with E-state index in [9.17, 15) is 13.6 Å². The molecular formula is C14H11F2NOS. The van der Waals surface area contributed by atoms with Gasteiger partial charge in [-0.25, -0.2) is 8.78 Å². The Kier molecular flexibility index (Phi) is 3.85. The van der Waals surface area contributed by atoms with E-state index >= 15 is 0 Å². The van der Waals surface area contributed by atoms with Crippen LogP contribution >= 0.6 is 12.6 Å². The van der Waals surface area contributed by atoms with Crippen molar-refractivity contribution in [3.05, 3.63) is 59.2 Å². The third-order valence-corrected chi connectivity index (χ3v) is 2.99. The zero-order chi connectivity index (χ0) is 14.0. The summed E-state index contributed by atoms with van der Waals surface area (Å²) in [6.45, 7) is 1.54. The summed E-state index contributed by atoms with van der Waals surface area (Å²) in [5.74, 6) is -1.72. The second-order valence-electron chi connectivity index (χ2n) is 4.03. The third-order valence-electron chi connectivity index (χ3n) is 2.71. The summed E-state index contributed by atoms with van der Waals surface area (Å²) in [5.41, 5.74) is 0.489. The van der Waals surface area contributed by atoms with Gasteiger partial charge in [-0.05, 0) is 37.3 Å². The van der Waals surface area contributed by atoms with Gasteiger partial charge in [-0.1, -0.05) is 6.07 Å². The number of hydrogen-bond acceptors (Lipinski definition) is 2. The van der Waals surface area contributed by atoms with Crippen LogP contribution in [0.5, 0.6) is 0 Å². The molecule has 0 heterocycles. The highest BCUT2D eigenvalue weighted by Crippen LogP contribution is 2.20. The lowest BCUT2D eigenvalue weighted by molar-refractivity contribution is 0.102. The Morgan fingerprint density at radius 2 is 1.89 bits per heavy atom. The van der Waals surface area contributed by atoms with Gasteiger partial charge in [-0.15, -0.1) is 12.6 Å². The Hall–Kier alpha value is -1.88. The van der Waals surface area contributed by atoms with Crippen LogP contribution in [0.4, 0.5) is 14.5 Å². The van der Waals surface area contributed by atoms with Crippen molar-refractivity contribution < 1.29 is 13.6 Å². The Morgan fingerprint density at radius 3 is 2.63 bits per heavy atom. The maximum atomic E-state index is 13.5. The summed E-state index contributed by atoms with van der Waals surface area (Å²) in [7, 11) is 0. The summed E-state index contributed by atoms with van der Waals surface area (Å²) < 4.78 is 26.9. The summed E-state index contributed by atoms with van der Waals surface area (Å²) in [6, 6.07) is 8.25. The molecule has 0 spiro atoms. The van der Waals surface area contributed by atoms with Gasteiger partial charge in [-0.2, -0.15) is 0 Å². The number of nitrogens with one attached hydrogen (secondary N) is 1. The summed E-state index contributed by atoms with van der Waals surface area (Å²) in [4.78, 5) is 12.4. The predicted octanol–water partition coefficient (Wildman–Crippen LogP) is 3.81. The Morgan fingerprint density at radius 1 is 1.16 bits per heavy atom. The zero-order valence-corrected chi connectivity index (χ0v) is 11.0. The average molecular weight is 279 g/mol. The Labute approximate surface area is 114 Å². The first kappa shape index (κ1) is 13.5. The van der Waals surface area contributed by atoms with Gasteiger partial charge in [0.1, 0.15) is 11.6 Å². The highest BCUT2D eigenvalue weighted by molar-refractivity contribution is 7.80. The van der Waals surface area contributed by atoms with Crippen LogP contribution in [0, 0.1) is 18.6 Å². The lowest BCUT2D eigenvalue weighted by Gasteiger charge is -2.09. The van der Waals surface area contributed by atoms with E-state index in [1.165, 1.54) is 31.2 Å². The van der Waals surface area contributed by atoms with Crippen molar-refractivity contribution in [2.24, 2.45) is 0 Å². The molecule has 0 bridgehead atoms. The van der Waals surface area contributed by atoms with E-state index in [2.05, 4.69) is 17.9 Å². The van der Waals surface area contributed by atoms with Gasteiger partial charge >= 0.3 is 0 Å². The minimum absolute atomic E-state index is 0.129. The first-order chi connectivity index (χ1) is 8.99. The smallest absolute Gasteiger partial charge is 0.258 e. The molecule has 0 saturated carbocycles. The van der Waals surface area contributed by atoms with Crippen molar-refractivity contribution in [3.63, 3.8) is 0 Å². The van der Waals surface area contributed by atoms with Gasteiger partial charge in [0, 0.05) is 16.1 Å². The van der Waals surface area contributed by atoms with Crippen LogP contribution in [0.3, 0.4) is 0 Å². The minimum atomic E-state index is -0.649. The monoisotopic (exact) mass is 279 g/mol. The minimum Gasteiger partial charge on any atom is -0.322 e. The van der Waals surface area contributed by atoms with E-state index in [0.29, 0.717) is 16.1 Å². The standard InChI is InChI=1S/C14H11F2NOS/c1-8-11(15)3-2-4-13(8)17-14(18)10-7-9(19)5-6-12(10)16/h2-7,19H,1H3,(H,17,18). The molecule has 1 N–H and O–H groups in total. The van der Waals surface area contributed by atoms with Gasteiger partial charge in [0.2, 0.25) is 0 Å². The van der Waals surface area contributed by atoms with E-state index in [4.69, 9.17) is 0 Å². The molecule has 0 aromatic heterocycles. The van der Waals surface area contributed by atoms with Crippen molar-refractivity contribution in [2.45, 2.75) is 11.8 Å². The second kappa shape index (κ2) is 5.40. The van der Waals surface area contributed by atoms with E-state index in [0.717, 1.165) is 6.07 Å². The number of benzene rings is 2. The van der Waals surface area contributed by atoms with Gasteiger partial charge < -0.3 is 5.32 Å². The van der Waals surface area contributed by atoms with E-state index < -0.39 is 17.5 Å². The zero-order valence-electron chi connectivity index (χ0n) is 10.1. The van der Waals surface area contributed by atoms with Crippen LogP contribution in [0.2, 0.25) is 0 Å². The van der Waals surface area contributed by atoms with Crippen molar-refractivity contribution in [1.82, 2.24) is 0 Å². The van der Waals surface area contributed by atoms with Crippen LogP contribution in [0.25, 0.3) is 0 Å². The van der Waals surface area contributed by atoms with E-state index in [-0.39, 0.29) is 5.56 Å². The molecule has 2 rings (SSSR count). The predicted molar refractivity (Wildman–Crippen MR) is 72.7 cm³/mol. The van der Waals surface area contributed by atoms with Gasteiger partial charge in [0.15, 0.2) is 0 Å². The number of hydrogen-bond donors (Lipinski definition) is 2. The second-order valence-corrected chi connectivity index (χ2v) is 4.55. The molecule has 2 aromatic rings. The maximum Gasteiger partial charge on any atom is 0.258 e. The summed E-state index contributed by atoms with van der Waals surface area (Å²) in [6.07, 6.45) is 0. The van der Waals surface area contributed by atoms with Crippen LogP contribution in [-0.4, -0.2) is 5.91 Å². The number of anilines is 1. The van der Waals surface area contributed by atoms with Crippen LogP contribution in [-0.2, 0) is 0 Å². The van der Waals surface area contributed by atoms with Gasteiger partial charge in [0.25, 0.3) is 5.91 Å². The number of carbonyl (C=O) groups is 1. The molecule has 0 aliphatic rings. The van der Waals surface area contributed by atoms with Gasteiger partial charge in [0.05, 0.1) is 5.56 Å². The SMILES string of the molecule is Cc1c(F)cccc1NC(=O)c1cc(S)ccc1F. The molecule has 0 atom stereocenters. The first-order valence-corrected chi connectivity index (χ1v) is 5.98. The molecule has 5 heteroatoms. The van der Waals surface area contributed by atoms with E-state index in [1.807, 2.05) is 0 Å². The molecule has 0 radical (unpaired) electrons. The molecule has 19 heavy (non-hydrogen) atoms. The number of carbonyl (C=O) groups excluding carboxylic acids is 1. The topological polar surface area (TPSA) is 29.1 Å². The van der Waals surface area contributed by atoms with Crippen molar-refractivity contribution >= 4 is 24.2 Å². The molecule has 98 valence electrons. The molecule has 2 aromatic carbocycles. The molecule has 0 aliphatic heterocycles. The highest BCUT2D eigenvalue weighted by atomic mass is 32.1. The van der Waals surface area contributed by atoms with Crippen LogP contribution < -0.4 is 5.32 Å². The molecule has 0 saturated heterocycles.